The minimum atomic E-state index is -1.00. The van der Waals surface area contributed by atoms with Crippen molar-refractivity contribution in [3.63, 3.8) is 0 Å². The highest BCUT2D eigenvalue weighted by molar-refractivity contribution is 5.87. The maximum absolute atomic E-state index is 11.3. The normalized spacial score (nSPS) is 35.8. The van der Waals surface area contributed by atoms with Crippen LogP contribution in [0.25, 0.3) is 0 Å². The van der Waals surface area contributed by atoms with Crippen LogP contribution in [0.3, 0.4) is 0 Å². The largest absolute Gasteiger partial charge is 0.478 e. The van der Waals surface area contributed by atoms with E-state index in [1.54, 1.807) is 0 Å². The number of carboxylic acid groups (broad SMARTS) is 1. The van der Waals surface area contributed by atoms with Crippen LogP contribution in [0.4, 0.5) is 4.79 Å². The predicted octanol–water partition coefficient (Wildman–Crippen LogP) is -1.07. The number of hydrazine groups is 1. The number of aliphatic hydroxyl groups excluding tert-OH is 1. The first kappa shape index (κ1) is 21.8. The highest BCUT2D eigenvalue weighted by Gasteiger charge is 2.70. The van der Waals surface area contributed by atoms with E-state index in [9.17, 15) is 14.7 Å². The number of fused-ring (bicyclic) bond motifs is 3. The van der Waals surface area contributed by atoms with E-state index >= 15 is 0 Å². The molecule has 0 aromatic heterocycles. The molecule has 0 bridgehead atoms. The van der Waals surface area contributed by atoms with Crippen LogP contribution in [0.2, 0.25) is 0 Å². The van der Waals surface area contributed by atoms with Crippen LogP contribution in [0.15, 0.2) is 11.8 Å². The minimum absolute atomic E-state index is 0.0164. The highest BCUT2D eigenvalue weighted by Crippen LogP contribution is 2.60. The van der Waals surface area contributed by atoms with Crippen molar-refractivity contribution in [2.45, 2.75) is 31.3 Å². The zero-order valence-corrected chi connectivity index (χ0v) is 16.7. The molecule has 5 atom stereocenters. The minimum Gasteiger partial charge on any atom is -0.478 e. The number of carbonyl (C=O) groups excluding carboxylic acids is 1. The smallest absolute Gasteiger partial charge is 0.409 e. The summed E-state index contributed by atoms with van der Waals surface area (Å²) in [5, 5.41) is 21.9. The molecule has 3 fully saturated rings. The monoisotopic (exact) mass is 414 g/mol. The number of hydrogen-bond donors (Lipinski definition) is 4. The van der Waals surface area contributed by atoms with Gasteiger partial charge in [-0.2, -0.15) is 0 Å². The first-order valence-corrected chi connectivity index (χ1v) is 9.78. The number of nitrogens with zero attached hydrogens (tertiary/aromatic N) is 2. The number of aliphatic carboxylic acids is 1. The average molecular weight is 414 g/mol. The Morgan fingerprint density at radius 2 is 2.07 bits per heavy atom. The molecule has 1 aliphatic carbocycles. The number of ether oxygens (including phenoxy) is 3. The summed E-state index contributed by atoms with van der Waals surface area (Å²) in [6, 6.07) is 0. The zero-order chi connectivity index (χ0) is 21.2. The molecule has 3 heterocycles. The van der Waals surface area contributed by atoms with Gasteiger partial charge in [-0.1, -0.05) is 0 Å². The Balaban J connectivity index is 0.000000204. The van der Waals surface area contributed by atoms with Crippen LogP contribution < -0.4 is 11.2 Å². The van der Waals surface area contributed by atoms with Crippen molar-refractivity contribution >= 4 is 12.1 Å². The molecule has 11 heteroatoms. The van der Waals surface area contributed by atoms with Gasteiger partial charge in [-0.3, -0.25) is 10.7 Å². The third kappa shape index (κ3) is 4.64. The molecule has 0 unspecified atom stereocenters. The first-order chi connectivity index (χ1) is 13.8. The summed E-state index contributed by atoms with van der Waals surface area (Å²) >= 11 is 0. The summed E-state index contributed by atoms with van der Waals surface area (Å²) in [5.74, 6) is 4.05. The number of hydrogen-bond acceptors (Lipinski definition) is 9. The molecule has 0 spiro atoms. The van der Waals surface area contributed by atoms with Crippen LogP contribution in [0.1, 0.15) is 13.3 Å². The van der Waals surface area contributed by atoms with Crippen molar-refractivity contribution in [2.24, 2.45) is 17.7 Å². The quantitative estimate of drug-likeness (QED) is 0.331. The number of carboxylic acids is 1. The molecule has 1 amide bonds. The van der Waals surface area contributed by atoms with Crippen molar-refractivity contribution in [3.05, 3.63) is 11.8 Å². The lowest BCUT2D eigenvalue weighted by molar-refractivity contribution is -0.148. The fourth-order valence-electron chi connectivity index (χ4n) is 4.32. The van der Waals surface area contributed by atoms with Gasteiger partial charge in [0.05, 0.1) is 30.5 Å². The summed E-state index contributed by atoms with van der Waals surface area (Å²) in [6.07, 6.45) is 0.401. The van der Waals surface area contributed by atoms with Gasteiger partial charge in [-0.05, 0) is 13.3 Å². The SMILES string of the molecule is CNC(=O)O[C@@H]1OC=C(C(=O)O)[C@H]2C[C@@H]3O[C@]3(C)[C@H]12.NN1CCN(CCO)CC1. The van der Waals surface area contributed by atoms with E-state index in [1.165, 1.54) is 13.3 Å². The number of nitrogens with two attached hydrogens (primary N) is 1. The van der Waals surface area contributed by atoms with Crippen LogP contribution in [0.5, 0.6) is 0 Å². The molecule has 164 valence electrons. The number of rotatable bonds is 4. The molecule has 4 rings (SSSR count). The predicted molar refractivity (Wildman–Crippen MR) is 100 cm³/mol. The van der Waals surface area contributed by atoms with Gasteiger partial charge < -0.3 is 29.7 Å². The molecule has 3 aliphatic heterocycles. The van der Waals surface area contributed by atoms with E-state index in [1.807, 2.05) is 11.9 Å². The van der Waals surface area contributed by atoms with E-state index in [-0.39, 0.29) is 30.1 Å². The van der Waals surface area contributed by atoms with Gasteiger partial charge in [0.15, 0.2) is 0 Å². The number of piperazine rings is 1. The summed E-state index contributed by atoms with van der Waals surface area (Å²) in [4.78, 5) is 24.7. The zero-order valence-electron chi connectivity index (χ0n) is 16.7. The first-order valence-electron chi connectivity index (χ1n) is 9.78. The lowest BCUT2D eigenvalue weighted by Gasteiger charge is -2.35. The van der Waals surface area contributed by atoms with Gasteiger partial charge in [0, 0.05) is 45.7 Å². The number of β-amino-alcohol motifs (C(OH)–C–C–N with tert-alkyl or cyclic N) is 1. The number of alkyl carbamates (subject to hydrolysis) is 1. The van der Waals surface area contributed by atoms with Crippen molar-refractivity contribution in [1.82, 2.24) is 15.2 Å². The van der Waals surface area contributed by atoms with E-state index in [0.29, 0.717) is 6.42 Å². The van der Waals surface area contributed by atoms with Crippen LogP contribution >= 0.6 is 0 Å². The molecule has 5 N–H and O–H groups in total. The molecule has 29 heavy (non-hydrogen) atoms. The summed E-state index contributed by atoms with van der Waals surface area (Å²) in [6.45, 7) is 6.74. The maximum Gasteiger partial charge on any atom is 0.409 e. The van der Waals surface area contributed by atoms with Gasteiger partial charge >= 0.3 is 12.1 Å². The van der Waals surface area contributed by atoms with Crippen LogP contribution in [-0.2, 0) is 19.0 Å². The molecule has 0 aromatic carbocycles. The number of epoxide rings is 1. The van der Waals surface area contributed by atoms with Gasteiger partial charge in [-0.15, -0.1) is 0 Å². The van der Waals surface area contributed by atoms with Crippen molar-refractivity contribution < 1.29 is 34.0 Å². The molecule has 1 saturated carbocycles. The fourth-order valence-corrected chi connectivity index (χ4v) is 4.32. The Kier molecular flexibility index (Phi) is 6.64. The molecular formula is C18H30N4O7. The molecule has 11 nitrogen and oxygen atoms in total. The average Bonchev–Trinajstić information content (AvgIpc) is 3.24. The summed E-state index contributed by atoms with van der Waals surface area (Å²) in [5.41, 5.74) is -0.239. The van der Waals surface area contributed by atoms with E-state index < -0.39 is 24.0 Å². The van der Waals surface area contributed by atoms with Gasteiger partial charge in [-0.25, -0.2) is 14.6 Å². The molecule has 0 aromatic rings. The topological polar surface area (TPSA) is 150 Å². The lowest BCUT2D eigenvalue weighted by Crippen LogP contribution is -2.49. The van der Waals surface area contributed by atoms with E-state index in [2.05, 4.69) is 10.2 Å². The second kappa shape index (κ2) is 8.84. The Bertz CT molecular complexity index is 652. The Labute approximate surface area is 169 Å². The second-order valence-corrected chi connectivity index (χ2v) is 7.80. The number of carbonyl (C=O) groups is 2. The van der Waals surface area contributed by atoms with E-state index in [4.69, 9.17) is 25.2 Å². The molecule has 4 aliphatic rings. The Morgan fingerprint density at radius 3 is 2.66 bits per heavy atom. The molecule has 0 radical (unpaired) electrons. The van der Waals surface area contributed by atoms with Gasteiger partial charge in [0.25, 0.3) is 6.29 Å². The number of aliphatic hydroxyl groups is 1. The highest BCUT2D eigenvalue weighted by atomic mass is 16.7. The number of nitrogens with one attached hydrogen (secondary N) is 1. The Hall–Kier alpha value is -1.92. The van der Waals surface area contributed by atoms with Crippen LogP contribution in [-0.4, -0.2) is 96.6 Å². The summed E-state index contributed by atoms with van der Waals surface area (Å²) < 4.78 is 16.0. The van der Waals surface area contributed by atoms with Crippen molar-refractivity contribution in [2.75, 3.05) is 46.4 Å². The Morgan fingerprint density at radius 1 is 1.38 bits per heavy atom. The van der Waals surface area contributed by atoms with Crippen molar-refractivity contribution in [3.8, 4) is 0 Å². The van der Waals surface area contributed by atoms with Crippen molar-refractivity contribution in [1.29, 1.82) is 0 Å². The third-order valence-corrected chi connectivity index (χ3v) is 6.06. The maximum atomic E-state index is 11.3. The fraction of sp³-hybridized carbons (Fsp3) is 0.778. The van der Waals surface area contributed by atoms with E-state index in [0.717, 1.165) is 32.7 Å². The third-order valence-electron chi connectivity index (χ3n) is 6.06. The second-order valence-electron chi connectivity index (χ2n) is 7.80. The molecular weight excluding hydrogens is 384 g/mol. The number of amides is 1. The standard InChI is InChI=1S/C12H15NO6.C6H15N3O/c1-12-7(19-12)3-5-6(9(14)15)4-17-10(8(5)12)18-11(16)13-2;7-9-3-1-8(2-4-9)5-6-10/h4-5,7-8,10H,3H2,1-2H3,(H,13,16)(H,14,15);10H,1-7H2/t5-,7+,8+,10+,12+;/m1./s1. The van der Waals surface area contributed by atoms with Crippen LogP contribution in [0, 0.1) is 11.8 Å². The lowest BCUT2D eigenvalue weighted by atomic mass is 9.82. The summed E-state index contributed by atoms with van der Waals surface area (Å²) in [7, 11) is 1.45. The van der Waals surface area contributed by atoms with Gasteiger partial charge in [0.2, 0.25) is 0 Å². The van der Waals surface area contributed by atoms with Gasteiger partial charge in [0.1, 0.15) is 5.60 Å². The molecule has 2 saturated heterocycles.